The van der Waals surface area contributed by atoms with E-state index in [1.54, 1.807) is 43.3 Å². The van der Waals surface area contributed by atoms with Crippen LogP contribution in [0.25, 0.3) is 6.08 Å². The summed E-state index contributed by atoms with van der Waals surface area (Å²) in [5, 5.41) is 0.191. The van der Waals surface area contributed by atoms with Crippen molar-refractivity contribution < 1.29 is 8.42 Å². The molecule has 2 heterocycles. The summed E-state index contributed by atoms with van der Waals surface area (Å²) >= 11 is 6.13. The third-order valence-corrected chi connectivity index (χ3v) is 5.70. The SMILES string of the molecule is C[C@H](N)C1=Cc2cccc(Cl)c2S(=O)(=O)N1c1ccncc1. The van der Waals surface area contributed by atoms with E-state index in [4.69, 9.17) is 17.3 Å². The molecular formula is C15H14ClN3O2S. The quantitative estimate of drug-likeness (QED) is 0.915. The van der Waals surface area contributed by atoms with E-state index in [2.05, 4.69) is 4.98 Å². The van der Waals surface area contributed by atoms with Crippen LogP contribution in [0.1, 0.15) is 12.5 Å². The van der Waals surface area contributed by atoms with Crippen molar-refractivity contribution in [1.29, 1.82) is 0 Å². The normalized spacial score (nSPS) is 17.6. The average molecular weight is 336 g/mol. The molecule has 3 rings (SSSR count). The molecule has 0 saturated heterocycles. The Bertz CT molecular complexity index is 848. The molecule has 2 N–H and O–H groups in total. The molecule has 7 heteroatoms. The Balaban J connectivity index is 2.33. The number of hydrogen-bond acceptors (Lipinski definition) is 4. The summed E-state index contributed by atoms with van der Waals surface area (Å²) in [7, 11) is -3.84. The van der Waals surface area contributed by atoms with Gasteiger partial charge in [-0.3, -0.25) is 4.98 Å². The second-order valence-corrected chi connectivity index (χ2v) is 7.12. The van der Waals surface area contributed by atoms with Gasteiger partial charge >= 0.3 is 0 Å². The van der Waals surface area contributed by atoms with E-state index in [-0.39, 0.29) is 9.92 Å². The predicted molar refractivity (Wildman–Crippen MR) is 87.0 cm³/mol. The summed E-state index contributed by atoms with van der Waals surface area (Å²) in [6, 6.07) is 7.77. The molecule has 1 aromatic heterocycles. The smallest absolute Gasteiger partial charge is 0.270 e. The van der Waals surface area contributed by atoms with Gasteiger partial charge in [0.05, 0.1) is 16.4 Å². The number of rotatable bonds is 2. The highest BCUT2D eigenvalue weighted by molar-refractivity contribution is 7.93. The Kier molecular flexibility index (Phi) is 3.68. The lowest BCUT2D eigenvalue weighted by Gasteiger charge is -2.33. The van der Waals surface area contributed by atoms with Gasteiger partial charge in [-0.05, 0) is 36.8 Å². The molecule has 0 amide bonds. The molecule has 1 atom stereocenters. The first kappa shape index (κ1) is 15.0. The van der Waals surface area contributed by atoms with E-state index < -0.39 is 16.1 Å². The minimum Gasteiger partial charge on any atom is -0.323 e. The fourth-order valence-electron chi connectivity index (χ4n) is 2.44. The van der Waals surface area contributed by atoms with Gasteiger partial charge in [0.1, 0.15) is 4.90 Å². The summed E-state index contributed by atoms with van der Waals surface area (Å²) in [5.41, 5.74) is 7.50. The van der Waals surface area contributed by atoms with Crippen molar-refractivity contribution in [2.45, 2.75) is 17.9 Å². The monoisotopic (exact) mass is 335 g/mol. The third kappa shape index (κ3) is 2.29. The lowest BCUT2D eigenvalue weighted by atomic mass is 10.1. The molecule has 114 valence electrons. The van der Waals surface area contributed by atoms with Crippen LogP contribution in [-0.2, 0) is 10.0 Å². The lowest BCUT2D eigenvalue weighted by molar-refractivity contribution is 0.591. The summed E-state index contributed by atoms with van der Waals surface area (Å²) in [5.74, 6) is 0. The zero-order valence-electron chi connectivity index (χ0n) is 11.8. The predicted octanol–water partition coefficient (Wildman–Crippen LogP) is 2.63. The molecule has 0 saturated carbocycles. The van der Waals surface area contributed by atoms with Gasteiger partial charge in [0.2, 0.25) is 0 Å². The first-order valence-electron chi connectivity index (χ1n) is 6.64. The first-order chi connectivity index (χ1) is 10.4. The Morgan fingerprint density at radius 2 is 1.91 bits per heavy atom. The fraction of sp³-hybridized carbons (Fsp3) is 0.133. The number of anilines is 1. The van der Waals surface area contributed by atoms with Gasteiger partial charge < -0.3 is 5.73 Å². The zero-order chi connectivity index (χ0) is 15.9. The van der Waals surface area contributed by atoms with Crippen LogP contribution in [0.2, 0.25) is 5.02 Å². The van der Waals surface area contributed by atoms with Gasteiger partial charge in [0.25, 0.3) is 10.0 Å². The summed E-state index contributed by atoms with van der Waals surface area (Å²) in [4.78, 5) is 4.02. The molecule has 0 radical (unpaired) electrons. The van der Waals surface area contributed by atoms with Gasteiger partial charge in [-0.2, -0.15) is 0 Å². The summed E-state index contributed by atoms with van der Waals surface area (Å²) < 4.78 is 27.4. The van der Waals surface area contributed by atoms with Crippen LogP contribution in [0.15, 0.2) is 53.3 Å². The number of nitrogens with zero attached hydrogens (tertiary/aromatic N) is 2. The molecule has 0 spiro atoms. The van der Waals surface area contributed by atoms with E-state index in [1.165, 1.54) is 16.7 Å². The van der Waals surface area contributed by atoms with E-state index in [0.717, 1.165) is 0 Å². The average Bonchev–Trinajstić information content (AvgIpc) is 2.46. The largest absolute Gasteiger partial charge is 0.323 e. The second-order valence-electron chi connectivity index (χ2n) is 4.99. The highest BCUT2D eigenvalue weighted by atomic mass is 35.5. The Labute approximate surface area is 134 Å². The topological polar surface area (TPSA) is 76.3 Å². The van der Waals surface area contributed by atoms with E-state index in [0.29, 0.717) is 16.9 Å². The van der Waals surface area contributed by atoms with Crippen molar-refractivity contribution in [3.63, 3.8) is 0 Å². The molecule has 2 aromatic rings. The number of benzene rings is 1. The highest BCUT2D eigenvalue weighted by Gasteiger charge is 2.36. The minimum atomic E-state index is -3.84. The van der Waals surface area contributed by atoms with Gasteiger partial charge in [-0.1, -0.05) is 23.7 Å². The van der Waals surface area contributed by atoms with Crippen LogP contribution < -0.4 is 10.0 Å². The Morgan fingerprint density at radius 3 is 2.55 bits per heavy atom. The molecule has 0 bridgehead atoms. The van der Waals surface area contributed by atoms with Crippen molar-refractivity contribution in [1.82, 2.24) is 4.98 Å². The van der Waals surface area contributed by atoms with Gasteiger partial charge in [0.15, 0.2) is 0 Å². The molecule has 0 fully saturated rings. The number of fused-ring (bicyclic) bond motifs is 1. The Morgan fingerprint density at radius 1 is 1.23 bits per heavy atom. The number of aromatic nitrogens is 1. The van der Waals surface area contributed by atoms with Gasteiger partial charge in [-0.15, -0.1) is 0 Å². The van der Waals surface area contributed by atoms with Crippen LogP contribution in [0.3, 0.4) is 0 Å². The fourth-order valence-corrected chi connectivity index (χ4v) is 4.73. The maximum Gasteiger partial charge on any atom is 0.270 e. The first-order valence-corrected chi connectivity index (χ1v) is 8.46. The minimum absolute atomic E-state index is 0.0953. The molecule has 0 unspecified atom stereocenters. The van der Waals surface area contributed by atoms with Crippen molar-refractivity contribution in [2.75, 3.05) is 4.31 Å². The molecule has 1 aliphatic heterocycles. The van der Waals surface area contributed by atoms with E-state index in [9.17, 15) is 8.42 Å². The van der Waals surface area contributed by atoms with Crippen molar-refractivity contribution in [3.8, 4) is 0 Å². The molecule has 1 aromatic carbocycles. The molecule has 5 nitrogen and oxygen atoms in total. The number of nitrogens with two attached hydrogens (primary N) is 1. The Hall–Kier alpha value is -1.89. The number of hydrogen-bond donors (Lipinski definition) is 1. The molecule has 0 aliphatic carbocycles. The van der Waals surface area contributed by atoms with Gasteiger partial charge in [-0.25, -0.2) is 12.7 Å². The van der Waals surface area contributed by atoms with Crippen molar-refractivity contribution >= 4 is 33.4 Å². The summed E-state index contributed by atoms with van der Waals surface area (Å²) in [6.07, 6.45) is 4.82. The van der Waals surface area contributed by atoms with Crippen molar-refractivity contribution in [3.05, 3.63) is 59.0 Å². The third-order valence-electron chi connectivity index (χ3n) is 3.40. The van der Waals surface area contributed by atoms with Crippen LogP contribution in [-0.4, -0.2) is 19.4 Å². The zero-order valence-corrected chi connectivity index (χ0v) is 13.3. The lowest BCUT2D eigenvalue weighted by Crippen LogP contribution is -2.40. The van der Waals surface area contributed by atoms with Crippen LogP contribution >= 0.6 is 11.6 Å². The number of sulfonamides is 1. The molecule has 22 heavy (non-hydrogen) atoms. The van der Waals surface area contributed by atoms with Gasteiger partial charge in [0, 0.05) is 18.4 Å². The second kappa shape index (κ2) is 5.39. The summed E-state index contributed by atoms with van der Waals surface area (Å²) in [6.45, 7) is 1.74. The number of pyridine rings is 1. The maximum absolute atomic E-state index is 13.1. The van der Waals surface area contributed by atoms with E-state index >= 15 is 0 Å². The molecular weight excluding hydrogens is 322 g/mol. The highest BCUT2D eigenvalue weighted by Crippen LogP contribution is 2.39. The van der Waals surface area contributed by atoms with Crippen LogP contribution in [0.5, 0.6) is 0 Å². The van der Waals surface area contributed by atoms with Crippen LogP contribution in [0.4, 0.5) is 5.69 Å². The molecule has 1 aliphatic rings. The number of halogens is 1. The maximum atomic E-state index is 13.1. The van der Waals surface area contributed by atoms with E-state index in [1.807, 2.05) is 0 Å². The van der Waals surface area contributed by atoms with Crippen LogP contribution in [0, 0.1) is 0 Å². The standard InChI is InChI=1S/C15H14ClN3O2S/c1-10(17)14-9-11-3-2-4-13(16)15(11)22(20,21)19(14)12-5-7-18-8-6-12/h2-10H,17H2,1H3/t10-/m0/s1. The van der Waals surface area contributed by atoms with Crippen molar-refractivity contribution in [2.24, 2.45) is 5.73 Å².